The molecule has 3 N–H and O–H groups in total. The summed E-state index contributed by atoms with van der Waals surface area (Å²) in [5, 5.41) is 3.07. The number of rotatable bonds is 6. The van der Waals surface area contributed by atoms with Gasteiger partial charge in [0, 0.05) is 38.8 Å². The molecular formula is C20H32N4O. The van der Waals surface area contributed by atoms with Gasteiger partial charge in [0.2, 0.25) is 5.91 Å². The standard InChI is InChI=1S/C20H32N4O/c1-23-14-15-24(18(16-23)17-8-3-2-4-9-17)13-7-12-22-19(25)20(21)10-5-6-11-20/h2-4,8-9,18H,5-7,10-16,21H2,1H3,(H,22,25). The predicted octanol–water partition coefficient (Wildman–Crippen LogP) is 1.75. The second-order valence-corrected chi connectivity index (χ2v) is 7.70. The Morgan fingerprint density at radius 1 is 1.24 bits per heavy atom. The van der Waals surface area contributed by atoms with Crippen molar-refractivity contribution in [1.29, 1.82) is 0 Å². The lowest BCUT2D eigenvalue weighted by Crippen LogP contribution is -2.52. The number of nitrogens with zero attached hydrogens (tertiary/aromatic N) is 2. The molecule has 0 spiro atoms. The molecule has 1 atom stereocenters. The highest BCUT2D eigenvalue weighted by Crippen LogP contribution is 2.27. The number of benzene rings is 1. The van der Waals surface area contributed by atoms with Gasteiger partial charge in [-0.05, 0) is 31.9 Å². The van der Waals surface area contributed by atoms with E-state index in [9.17, 15) is 4.79 Å². The summed E-state index contributed by atoms with van der Waals surface area (Å²) < 4.78 is 0. The molecule has 1 saturated heterocycles. The molecule has 5 nitrogen and oxygen atoms in total. The van der Waals surface area contributed by atoms with Gasteiger partial charge in [0.1, 0.15) is 0 Å². The van der Waals surface area contributed by atoms with E-state index < -0.39 is 5.54 Å². The van der Waals surface area contributed by atoms with Crippen LogP contribution in [0.1, 0.15) is 43.7 Å². The van der Waals surface area contributed by atoms with Crippen molar-refractivity contribution in [2.75, 3.05) is 39.8 Å². The Hall–Kier alpha value is -1.43. The van der Waals surface area contributed by atoms with Gasteiger partial charge in [-0.2, -0.15) is 0 Å². The lowest BCUT2D eigenvalue weighted by atomic mass is 9.98. The van der Waals surface area contributed by atoms with Gasteiger partial charge in [-0.15, -0.1) is 0 Å². The molecule has 1 saturated carbocycles. The summed E-state index contributed by atoms with van der Waals surface area (Å²) in [6.07, 6.45) is 4.77. The van der Waals surface area contributed by atoms with Crippen LogP contribution in [-0.4, -0.2) is 61.0 Å². The van der Waals surface area contributed by atoms with E-state index in [1.165, 1.54) is 5.56 Å². The highest BCUT2D eigenvalue weighted by atomic mass is 16.2. The average molecular weight is 345 g/mol. The molecule has 2 fully saturated rings. The van der Waals surface area contributed by atoms with E-state index in [0.717, 1.165) is 58.3 Å². The summed E-state index contributed by atoms with van der Waals surface area (Å²) in [6.45, 7) is 4.95. The molecule has 1 unspecified atom stereocenters. The number of hydrogen-bond donors (Lipinski definition) is 2. The molecule has 1 aliphatic carbocycles. The van der Waals surface area contributed by atoms with Crippen LogP contribution in [0.2, 0.25) is 0 Å². The van der Waals surface area contributed by atoms with E-state index in [1.807, 2.05) is 0 Å². The first-order chi connectivity index (χ1) is 12.1. The third-order valence-electron chi connectivity index (χ3n) is 5.73. The van der Waals surface area contributed by atoms with E-state index in [0.29, 0.717) is 12.6 Å². The molecular weight excluding hydrogens is 312 g/mol. The first-order valence-electron chi connectivity index (χ1n) is 9.63. The summed E-state index contributed by atoms with van der Waals surface area (Å²) in [6, 6.07) is 11.2. The van der Waals surface area contributed by atoms with Crippen LogP contribution < -0.4 is 11.1 Å². The van der Waals surface area contributed by atoms with Gasteiger partial charge in [-0.25, -0.2) is 0 Å². The van der Waals surface area contributed by atoms with Crippen molar-refractivity contribution in [1.82, 2.24) is 15.1 Å². The maximum atomic E-state index is 12.3. The van der Waals surface area contributed by atoms with Crippen molar-refractivity contribution in [3.63, 3.8) is 0 Å². The number of hydrogen-bond acceptors (Lipinski definition) is 4. The Morgan fingerprint density at radius 2 is 1.96 bits per heavy atom. The Balaban J connectivity index is 1.48. The molecule has 0 aromatic heterocycles. The zero-order chi connectivity index (χ0) is 17.7. The number of carbonyl (C=O) groups is 1. The van der Waals surface area contributed by atoms with Gasteiger partial charge in [0.05, 0.1) is 5.54 Å². The zero-order valence-corrected chi connectivity index (χ0v) is 15.4. The van der Waals surface area contributed by atoms with Crippen LogP contribution in [-0.2, 0) is 4.79 Å². The molecule has 3 rings (SSSR count). The van der Waals surface area contributed by atoms with Crippen LogP contribution in [0.4, 0.5) is 0 Å². The molecule has 1 aliphatic heterocycles. The Morgan fingerprint density at radius 3 is 2.68 bits per heavy atom. The normalized spacial score (nSPS) is 24.3. The Kier molecular flexibility index (Phi) is 6.10. The molecule has 1 heterocycles. The quantitative estimate of drug-likeness (QED) is 0.772. The number of piperazine rings is 1. The summed E-state index contributed by atoms with van der Waals surface area (Å²) in [5.74, 6) is 0.0444. The molecule has 1 aromatic rings. The van der Waals surface area contributed by atoms with Gasteiger partial charge in [-0.1, -0.05) is 43.2 Å². The molecule has 1 aromatic carbocycles. The number of likely N-dealkylation sites (N-methyl/N-ethyl adjacent to an activating group) is 1. The number of nitrogens with two attached hydrogens (primary N) is 1. The summed E-state index contributed by atoms with van der Waals surface area (Å²) in [7, 11) is 2.19. The number of carbonyl (C=O) groups excluding carboxylic acids is 1. The van der Waals surface area contributed by atoms with E-state index in [-0.39, 0.29) is 5.91 Å². The highest BCUT2D eigenvalue weighted by molar-refractivity contribution is 5.86. The summed E-state index contributed by atoms with van der Waals surface area (Å²) >= 11 is 0. The first kappa shape index (κ1) is 18.4. The topological polar surface area (TPSA) is 61.6 Å². The lowest BCUT2D eigenvalue weighted by Gasteiger charge is -2.40. The maximum Gasteiger partial charge on any atom is 0.240 e. The Labute approximate surface area is 151 Å². The minimum absolute atomic E-state index is 0.0444. The monoisotopic (exact) mass is 344 g/mol. The largest absolute Gasteiger partial charge is 0.354 e. The van der Waals surface area contributed by atoms with Crippen LogP contribution >= 0.6 is 0 Å². The molecule has 0 bridgehead atoms. The van der Waals surface area contributed by atoms with Crippen LogP contribution in [0, 0.1) is 0 Å². The molecule has 25 heavy (non-hydrogen) atoms. The van der Waals surface area contributed by atoms with Crippen molar-refractivity contribution in [3.05, 3.63) is 35.9 Å². The SMILES string of the molecule is CN1CCN(CCCNC(=O)C2(N)CCCC2)C(c2ccccc2)C1. The number of nitrogens with one attached hydrogen (secondary N) is 1. The second kappa shape index (κ2) is 8.30. The van der Waals surface area contributed by atoms with Gasteiger partial charge < -0.3 is 16.0 Å². The van der Waals surface area contributed by atoms with Crippen LogP contribution in [0.25, 0.3) is 0 Å². The van der Waals surface area contributed by atoms with E-state index in [1.54, 1.807) is 0 Å². The third kappa shape index (κ3) is 4.60. The van der Waals surface area contributed by atoms with Crippen molar-refractivity contribution >= 4 is 5.91 Å². The fourth-order valence-corrected chi connectivity index (χ4v) is 4.11. The maximum absolute atomic E-state index is 12.3. The third-order valence-corrected chi connectivity index (χ3v) is 5.73. The molecule has 5 heteroatoms. The van der Waals surface area contributed by atoms with Crippen LogP contribution in [0.5, 0.6) is 0 Å². The summed E-state index contributed by atoms with van der Waals surface area (Å²) in [4.78, 5) is 17.2. The van der Waals surface area contributed by atoms with Gasteiger partial charge in [0.25, 0.3) is 0 Å². The minimum Gasteiger partial charge on any atom is -0.354 e. The van der Waals surface area contributed by atoms with Crippen LogP contribution in [0.15, 0.2) is 30.3 Å². The van der Waals surface area contributed by atoms with Gasteiger partial charge in [0.15, 0.2) is 0 Å². The lowest BCUT2D eigenvalue weighted by molar-refractivity contribution is -0.126. The van der Waals surface area contributed by atoms with Gasteiger partial charge >= 0.3 is 0 Å². The average Bonchev–Trinajstić information content (AvgIpc) is 3.08. The van der Waals surface area contributed by atoms with Crippen molar-refractivity contribution in [3.8, 4) is 0 Å². The van der Waals surface area contributed by atoms with Crippen LogP contribution in [0.3, 0.4) is 0 Å². The first-order valence-corrected chi connectivity index (χ1v) is 9.63. The van der Waals surface area contributed by atoms with Crippen molar-refractivity contribution in [2.24, 2.45) is 5.73 Å². The number of amides is 1. The molecule has 138 valence electrons. The molecule has 2 aliphatic rings. The fraction of sp³-hybridized carbons (Fsp3) is 0.650. The fourth-order valence-electron chi connectivity index (χ4n) is 4.11. The van der Waals surface area contributed by atoms with Crippen molar-refractivity contribution in [2.45, 2.75) is 43.7 Å². The van der Waals surface area contributed by atoms with E-state index in [4.69, 9.17) is 5.73 Å². The van der Waals surface area contributed by atoms with Crippen molar-refractivity contribution < 1.29 is 4.79 Å². The summed E-state index contributed by atoms with van der Waals surface area (Å²) in [5.41, 5.74) is 6.98. The smallest absolute Gasteiger partial charge is 0.240 e. The minimum atomic E-state index is -0.611. The van der Waals surface area contributed by atoms with E-state index >= 15 is 0 Å². The van der Waals surface area contributed by atoms with E-state index in [2.05, 4.69) is 52.5 Å². The molecule has 0 radical (unpaired) electrons. The second-order valence-electron chi connectivity index (χ2n) is 7.70. The van der Waals surface area contributed by atoms with Gasteiger partial charge in [-0.3, -0.25) is 9.69 Å². The Bertz CT molecular complexity index is 556. The zero-order valence-electron chi connectivity index (χ0n) is 15.4. The predicted molar refractivity (Wildman–Crippen MR) is 101 cm³/mol. The molecule has 1 amide bonds. The highest BCUT2D eigenvalue weighted by Gasteiger charge is 2.36.